The molecule has 3 aromatic rings. The number of fused-ring (bicyclic) bond motifs is 1. The molecule has 6 nitrogen and oxygen atoms in total. The Morgan fingerprint density at radius 3 is 2.87 bits per heavy atom. The second-order valence-electron chi connectivity index (χ2n) is 4.70. The molecule has 0 aliphatic rings. The molecule has 0 aromatic carbocycles. The Labute approximate surface area is 142 Å². The fourth-order valence-electron chi connectivity index (χ4n) is 2.01. The van der Waals surface area contributed by atoms with Crippen LogP contribution in [0.4, 0.5) is 5.82 Å². The van der Waals surface area contributed by atoms with Crippen molar-refractivity contribution < 1.29 is 5.11 Å². The Morgan fingerprint density at radius 1 is 1.26 bits per heavy atom. The van der Waals surface area contributed by atoms with Gasteiger partial charge in [0.25, 0.3) is 0 Å². The van der Waals surface area contributed by atoms with E-state index in [2.05, 4.69) is 25.6 Å². The maximum absolute atomic E-state index is 9.17. The molecule has 23 heavy (non-hydrogen) atoms. The first-order chi connectivity index (χ1) is 11.2. The second-order valence-corrected chi connectivity index (χ2v) is 6.28. The van der Waals surface area contributed by atoms with E-state index in [0.717, 1.165) is 22.0 Å². The van der Waals surface area contributed by atoms with E-state index in [4.69, 9.17) is 17.3 Å². The lowest BCUT2D eigenvalue weighted by atomic mass is 10.3. The zero-order valence-corrected chi connectivity index (χ0v) is 14.0. The zero-order valence-electron chi connectivity index (χ0n) is 12.4. The average Bonchev–Trinajstić information content (AvgIpc) is 3.03. The fourth-order valence-corrected chi connectivity index (χ4v) is 3.08. The van der Waals surface area contributed by atoms with E-state index in [1.54, 1.807) is 6.20 Å². The first-order valence-corrected chi connectivity index (χ1v) is 8.30. The number of rotatable bonds is 4. The number of aliphatic hydroxyl groups is 1. The van der Waals surface area contributed by atoms with Crippen molar-refractivity contribution in [3.8, 4) is 10.6 Å². The van der Waals surface area contributed by atoms with E-state index in [1.807, 2.05) is 31.2 Å². The topological polar surface area (TPSA) is 83.0 Å². The molecule has 8 heteroatoms. The molecule has 118 valence electrons. The van der Waals surface area contributed by atoms with E-state index in [1.165, 1.54) is 11.3 Å². The first-order valence-electron chi connectivity index (χ1n) is 7.08. The van der Waals surface area contributed by atoms with Crippen molar-refractivity contribution in [2.75, 3.05) is 11.9 Å². The van der Waals surface area contributed by atoms with Crippen LogP contribution in [0.1, 0.15) is 11.8 Å². The fraction of sp³-hybridized carbons (Fsp3) is 0.200. The van der Waals surface area contributed by atoms with Crippen LogP contribution in [-0.4, -0.2) is 31.7 Å². The molecule has 0 spiro atoms. The normalized spacial score (nSPS) is 10.7. The number of thiocarbonyl (C=S) groups is 1. The lowest BCUT2D eigenvalue weighted by Crippen LogP contribution is -2.28. The minimum atomic E-state index is 0.0276. The molecule has 0 saturated carbocycles. The van der Waals surface area contributed by atoms with Gasteiger partial charge in [-0.15, -0.1) is 11.3 Å². The summed E-state index contributed by atoms with van der Waals surface area (Å²) < 4.78 is 0. The third kappa shape index (κ3) is 3.61. The zero-order chi connectivity index (χ0) is 16.2. The number of thiophene rings is 1. The van der Waals surface area contributed by atoms with Crippen molar-refractivity contribution in [1.29, 1.82) is 0 Å². The highest BCUT2D eigenvalue weighted by Gasteiger charge is 2.08. The molecule has 0 saturated heterocycles. The number of hydrogen-bond acceptors (Lipinski definition) is 6. The molecule has 0 aliphatic heterocycles. The van der Waals surface area contributed by atoms with E-state index in [9.17, 15) is 0 Å². The van der Waals surface area contributed by atoms with Gasteiger partial charge in [0.15, 0.2) is 10.8 Å². The van der Waals surface area contributed by atoms with Crippen LogP contribution in [-0.2, 0) is 6.61 Å². The highest BCUT2D eigenvalue weighted by Crippen LogP contribution is 2.27. The van der Waals surface area contributed by atoms with Crippen molar-refractivity contribution in [3.05, 3.63) is 35.3 Å². The maximum atomic E-state index is 9.17. The number of hydrogen-bond donors (Lipinski definition) is 3. The number of aromatic nitrogens is 3. The average molecular weight is 345 g/mol. The molecule has 0 aliphatic carbocycles. The molecule has 3 heterocycles. The van der Waals surface area contributed by atoms with Gasteiger partial charge in [0.2, 0.25) is 0 Å². The highest BCUT2D eigenvalue weighted by molar-refractivity contribution is 7.80. The summed E-state index contributed by atoms with van der Waals surface area (Å²) in [4.78, 5) is 15.2. The summed E-state index contributed by atoms with van der Waals surface area (Å²) in [7, 11) is 0. The molecular weight excluding hydrogens is 330 g/mol. The molecule has 3 N–H and O–H groups in total. The SMILES string of the molecule is CCNC(=S)Nc1ccc2ncc(-c3ccc(CO)s3)nc2n1. The van der Waals surface area contributed by atoms with E-state index >= 15 is 0 Å². The van der Waals surface area contributed by atoms with Gasteiger partial charge in [-0.1, -0.05) is 0 Å². The third-order valence-corrected chi connectivity index (χ3v) is 4.39. The summed E-state index contributed by atoms with van der Waals surface area (Å²) in [6.07, 6.45) is 1.72. The van der Waals surface area contributed by atoms with Gasteiger partial charge >= 0.3 is 0 Å². The van der Waals surface area contributed by atoms with Crippen molar-refractivity contribution >= 4 is 45.6 Å². The molecule has 3 rings (SSSR count). The quantitative estimate of drug-likeness (QED) is 0.627. The predicted octanol–water partition coefficient (Wildman–Crippen LogP) is 2.55. The Hall–Kier alpha value is -2.16. The number of nitrogens with zero attached hydrogens (tertiary/aromatic N) is 3. The Balaban J connectivity index is 1.92. The largest absolute Gasteiger partial charge is 0.391 e. The Kier molecular flexibility index (Phi) is 4.75. The standard InChI is InChI=1S/C15H15N5OS2/c1-2-16-15(22)20-13-6-4-10-14(19-13)18-11(7-17-10)12-5-3-9(8-21)23-12/h3-7,21H,2,8H2,1H3,(H2,16,18,19,20,22). The van der Waals surface area contributed by atoms with Gasteiger partial charge in [-0.05, 0) is 43.4 Å². The summed E-state index contributed by atoms with van der Waals surface area (Å²) in [6, 6.07) is 7.47. The molecule has 0 atom stereocenters. The van der Waals surface area contributed by atoms with Crippen molar-refractivity contribution in [2.24, 2.45) is 0 Å². The molecule has 3 aromatic heterocycles. The predicted molar refractivity (Wildman–Crippen MR) is 96.5 cm³/mol. The van der Waals surface area contributed by atoms with Crippen LogP contribution in [0.15, 0.2) is 30.5 Å². The smallest absolute Gasteiger partial charge is 0.180 e. The van der Waals surface area contributed by atoms with Crippen LogP contribution in [0.25, 0.3) is 21.7 Å². The van der Waals surface area contributed by atoms with Crippen molar-refractivity contribution in [3.63, 3.8) is 0 Å². The lowest BCUT2D eigenvalue weighted by molar-refractivity contribution is 0.285. The molecule has 0 fully saturated rings. The molecular formula is C15H15N5OS2. The van der Waals surface area contributed by atoms with Crippen LogP contribution in [0.3, 0.4) is 0 Å². The molecule has 0 bridgehead atoms. The molecule has 0 unspecified atom stereocenters. The summed E-state index contributed by atoms with van der Waals surface area (Å²) in [5.74, 6) is 0.622. The van der Waals surface area contributed by atoms with E-state index in [-0.39, 0.29) is 6.61 Å². The van der Waals surface area contributed by atoms with Gasteiger partial charge in [0.05, 0.1) is 17.7 Å². The van der Waals surface area contributed by atoms with E-state index < -0.39 is 0 Å². The van der Waals surface area contributed by atoms with Crippen LogP contribution in [0, 0.1) is 0 Å². The molecule has 0 radical (unpaired) electrons. The first kappa shape index (κ1) is 15.7. The van der Waals surface area contributed by atoms with Crippen molar-refractivity contribution in [2.45, 2.75) is 13.5 Å². The van der Waals surface area contributed by atoms with Gasteiger partial charge < -0.3 is 15.7 Å². The number of anilines is 1. The second kappa shape index (κ2) is 6.95. The lowest BCUT2D eigenvalue weighted by Gasteiger charge is -2.08. The summed E-state index contributed by atoms with van der Waals surface area (Å²) >= 11 is 6.65. The van der Waals surface area contributed by atoms with Crippen LogP contribution < -0.4 is 10.6 Å². The summed E-state index contributed by atoms with van der Waals surface area (Å²) in [5.41, 5.74) is 2.00. The minimum absolute atomic E-state index is 0.0276. The van der Waals surface area contributed by atoms with Crippen LogP contribution in [0.2, 0.25) is 0 Å². The Bertz CT molecular complexity index is 849. The van der Waals surface area contributed by atoms with Gasteiger partial charge in [0.1, 0.15) is 17.0 Å². The van der Waals surface area contributed by atoms with Gasteiger partial charge in [-0.2, -0.15) is 0 Å². The van der Waals surface area contributed by atoms with Gasteiger partial charge in [-0.3, -0.25) is 4.98 Å². The van der Waals surface area contributed by atoms with Gasteiger partial charge in [-0.25, -0.2) is 9.97 Å². The summed E-state index contributed by atoms with van der Waals surface area (Å²) in [6.45, 7) is 2.75. The maximum Gasteiger partial charge on any atom is 0.180 e. The Morgan fingerprint density at radius 2 is 2.13 bits per heavy atom. The number of aliphatic hydroxyl groups excluding tert-OH is 1. The molecule has 0 amide bonds. The highest BCUT2D eigenvalue weighted by atomic mass is 32.1. The number of pyridine rings is 1. The van der Waals surface area contributed by atoms with Crippen LogP contribution in [0.5, 0.6) is 0 Å². The third-order valence-electron chi connectivity index (χ3n) is 3.06. The monoisotopic (exact) mass is 345 g/mol. The van der Waals surface area contributed by atoms with Crippen molar-refractivity contribution in [1.82, 2.24) is 20.3 Å². The summed E-state index contributed by atoms with van der Waals surface area (Å²) in [5, 5.41) is 15.7. The van der Waals surface area contributed by atoms with E-state index in [0.29, 0.717) is 22.1 Å². The van der Waals surface area contributed by atoms with Crippen LogP contribution >= 0.6 is 23.6 Å². The minimum Gasteiger partial charge on any atom is -0.391 e. The number of nitrogens with one attached hydrogen (secondary N) is 2. The van der Waals surface area contributed by atoms with Gasteiger partial charge in [0, 0.05) is 11.4 Å².